The zero-order chi connectivity index (χ0) is 31.0. The zero-order valence-corrected chi connectivity index (χ0v) is 26.4. The first-order valence-corrected chi connectivity index (χ1v) is 16.3. The highest BCUT2D eigenvalue weighted by molar-refractivity contribution is 6.22. The summed E-state index contributed by atoms with van der Waals surface area (Å²) < 4.78 is 2.36. The average Bonchev–Trinajstić information content (AvgIpc) is 3.59. The van der Waals surface area contributed by atoms with Crippen LogP contribution in [-0.2, 0) is 11.8 Å². The molecule has 8 aromatic rings. The van der Waals surface area contributed by atoms with Gasteiger partial charge >= 0.3 is 0 Å². The molecule has 220 valence electrons. The SMILES string of the molecule is CCc1nc2ccccc2n1-c1ccccc1-c1c2ccccc2c(-c2ccc3c(c2)C(C)(C)c2ccccc2-3)c2ccccc12. The van der Waals surface area contributed by atoms with E-state index in [1.54, 1.807) is 0 Å². The first-order valence-electron chi connectivity index (χ1n) is 16.3. The number of nitrogens with zero attached hydrogens (tertiary/aromatic N) is 2. The molecule has 0 radical (unpaired) electrons. The van der Waals surface area contributed by atoms with Crippen LogP contribution >= 0.6 is 0 Å². The molecule has 0 fully saturated rings. The Hall–Kier alpha value is -5.47. The third kappa shape index (κ3) is 3.74. The fraction of sp³-hybridized carbons (Fsp3) is 0.114. The van der Waals surface area contributed by atoms with Crippen molar-refractivity contribution >= 4 is 32.6 Å². The van der Waals surface area contributed by atoms with Gasteiger partial charge in [0.25, 0.3) is 0 Å². The molecule has 0 aliphatic heterocycles. The van der Waals surface area contributed by atoms with Crippen LogP contribution in [-0.4, -0.2) is 9.55 Å². The van der Waals surface area contributed by atoms with Crippen LogP contribution in [0.25, 0.3) is 71.6 Å². The van der Waals surface area contributed by atoms with E-state index in [0.717, 1.165) is 29.0 Å². The van der Waals surface area contributed by atoms with Gasteiger partial charge in [0, 0.05) is 17.4 Å². The molecule has 0 amide bonds. The third-order valence-corrected chi connectivity index (χ3v) is 10.2. The molecule has 46 heavy (non-hydrogen) atoms. The van der Waals surface area contributed by atoms with E-state index in [1.165, 1.54) is 66.1 Å². The largest absolute Gasteiger partial charge is 0.296 e. The molecule has 0 atom stereocenters. The van der Waals surface area contributed by atoms with E-state index in [9.17, 15) is 0 Å². The highest BCUT2D eigenvalue weighted by Gasteiger charge is 2.35. The molecular formula is C44H34N2. The maximum Gasteiger partial charge on any atom is 0.114 e. The van der Waals surface area contributed by atoms with Gasteiger partial charge in [-0.25, -0.2) is 4.98 Å². The monoisotopic (exact) mass is 590 g/mol. The summed E-state index contributed by atoms with van der Waals surface area (Å²) in [4.78, 5) is 5.04. The van der Waals surface area contributed by atoms with Gasteiger partial charge in [0.05, 0.1) is 16.7 Å². The minimum atomic E-state index is -0.0585. The molecule has 0 N–H and O–H groups in total. The molecular weight excluding hydrogens is 556 g/mol. The third-order valence-electron chi connectivity index (χ3n) is 10.2. The maximum atomic E-state index is 5.04. The zero-order valence-electron chi connectivity index (χ0n) is 26.4. The lowest BCUT2D eigenvalue weighted by Gasteiger charge is -2.23. The standard InChI is InChI=1S/C44H34N2/c1-4-41-45-38-22-12-14-24-40(38)46(41)39-23-13-10-20-35(39)43-33-18-7-5-16-31(33)42(32-17-6-8-19-34(32)43)28-25-26-30-29-15-9-11-21-36(29)44(2,3)37(30)27-28/h5-27H,4H2,1-3H3. The van der Waals surface area contributed by atoms with E-state index in [2.05, 4.69) is 165 Å². The van der Waals surface area contributed by atoms with E-state index >= 15 is 0 Å². The van der Waals surface area contributed by atoms with Crippen LogP contribution in [0.4, 0.5) is 0 Å². The van der Waals surface area contributed by atoms with Crippen molar-refractivity contribution in [2.75, 3.05) is 0 Å². The summed E-state index contributed by atoms with van der Waals surface area (Å²) in [6, 6.07) is 51.3. The van der Waals surface area contributed by atoms with Crippen molar-refractivity contribution in [3.8, 4) is 39.1 Å². The molecule has 7 aromatic carbocycles. The van der Waals surface area contributed by atoms with E-state index in [4.69, 9.17) is 4.98 Å². The highest BCUT2D eigenvalue weighted by atomic mass is 15.1. The van der Waals surface area contributed by atoms with Crippen LogP contribution in [0.3, 0.4) is 0 Å². The van der Waals surface area contributed by atoms with Gasteiger partial charge in [0.1, 0.15) is 5.82 Å². The van der Waals surface area contributed by atoms with Crippen molar-refractivity contribution < 1.29 is 0 Å². The normalized spacial score (nSPS) is 13.4. The van der Waals surface area contributed by atoms with Gasteiger partial charge in [-0.15, -0.1) is 0 Å². The molecule has 0 saturated carbocycles. The summed E-state index contributed by atoms with van der Waals surface area (Å²) in [5.41, 5.74) is 13.8. The number of rotatable bonds is 4. The van der Waals surface area contributed by atoms with Crippen molar-refractivity contribution in [1.82, 2.24) is 9.55 Å². The van der Waals surface area contributed by atoms with Crippen LogP contribution in [0.15, 0.2) is 140 Å². The van der Waals surface area contributed by atoms with E-state index in [-0.39, 0.29) is 5.41 Å². The summed E-state index contributed by atoms with van der Waals surface area (Å²) >= 11 is 0. The van der Waals surface area contributed by atoms with Gasteiger partial charge in [-0.1, -0.05) is 136 Å². The van der Waals surface area contributed by atoms with Crippen LogP contribution in [0.5, 0.6) is 0 Å². The Kier molecular flexibility index (Phi) is 5.86. The van der Waals surface area contributed by atoms with Crippen molar-refractivity contribution in [2.45, 2.75) is 32.6 Å². The summed E-state index contributed by atoms with van der Waals surface area (Å²) in [6.45, 7) is 6.92. The molecule has 1 aromatic heterocycles. The molecule has 2 heteroatoms. The van der Waals surface area contributed by atoms with E-state index < -0.39 is 0 Å². The molecule has 9 rings (SSSR count). The number of hydrogen-bond acceptors (Lipinski definition) is 1. The highest BCUT2D eigenvalue weighted by Crippen LogP contribution is 2.51. The van der Waals surface area contributed by atoms with Crippen LogP contribution in [0, 0.1) is 0 Å². The van der Waals surface area contributed by atoms with Gasteiger partial charge in [0.15, 0.2) is 0 Å². The molecule has 0 unspecified atom stereocenters. The molecule has 0 bridgehead atoms. The Balaban J connectivity index is 1.35. The van der Waals surface area contributed by atoms with Crippen LogP contribution < -0.4 is 0 Å². The average molecular weight is 591 g/mol. The number of imidazole rings is 1. The number of para-hydroxylation sites is 3. The van der Waals surface area contributed by atoms with Crippen molar-refractivity contribution in [3.05, 3.63) is 156 Å². The predicted octanol–water partition coefficient (Wildman–Crippen LogP) is 11.5. The maximum absolute atomic E-state index is 5.04. The second kappa shape index (κ2) is 10.0. The fourth-order valence-electron chi connectivity index (χ4n) is 8.05. The summed E-state index contributed by atoms with van der Waals surface area (Å²) in [5.74, 6) is 1.07. The molecule has 1 aliphatic rings. The lowest BCUT2D eigenvalue weighted by Crippen LogP contribution is -2.14. The Morgan fingerprint density at radius 3 is 1.83 bits per heavy atom. The summed E-state index contributed by atoms with van der Waals surface area (Å²) in [5, 5.41) is 5.05. The smallest absolute Gasteiger partial charge is 0.114 e. The van der Waals surface area contributed by atoms with Crippen molar-refractivity contribution in [1.29, 1.82) is 0 Å². The minimum absolute atomic E-state index is 0.0585. The van der Waals surface area contributed by atoms with Gasteiger partial charge in [-0.2, -0.15) is 0 Å². The second-order valence-electron chi connectivity index (χ2n) is 13.0. The molecule has 0 spiro atoms. The first kappa shape index (κ1) is 26.9. The molecule has 1 aliphatic carbocycles. The number of aryl methyl sites for hydroxylation is 1. The Morgan fingerprint density at radius 1 is 0.543 bits per heavy atom. The van der Waals surface area contributed by atoms with Gasteiger partial charge in [-0.05, 0) is 84.8 Å². The van der Waals surface area contributed by atoms with E-state index in [1.807, 2.05) is 0 Å². The van der Waals surface area contributed by atoms with Gasteiger partial charge in [-0.3, -0.25) is 4.57 Å². The topological polar surface area (TPSA) is 17.8 Å². The number of fused-ring (bicyclic) bond motifs is 6. The Bertz CT molecular complexity index is 2440. The fourth-order valence-corrected chi connectivity index (χ4v) is 8.05. The van der Waals surface area contributed by atoms with Gasteiger partial charge in [0.2, 0.25) is 0 Å². The second-order valence-corrected chi connectivity index (χ2v) is 13.0. The molecule has 1 heterocycles. The summed E-state index contributed by atoms with van der Waals surface area (Å²) in [6.07, 6.45) is 0.849. The molecule has 0 saturated heterocycles. The Morgan fingerprint density at radius 2 is 1.11 bits per heavy atom. The predicted molar refractivity (Wildman–Crippen MR) is 194 cm³/mol. The lowest BCUT2D eigenvalue weighted by atomic mass is 9.80. The summed E-state index contributed by atoms with van der Waals surface area (Å²) in [7, 11) is 0. The first-order chi connectivity index (χ1) is 22.6. The molecule has 2 nitrogen and oxygen atoms in total. The Labute approximate surface area is 269 Å². The van der Waals surface area contributed by atoms with E-state index in [0.29, 0.717) is 0 Å². The van der Waals surface area contributed by atoms with Crippen molar-refractivity contribution in [2.24, 2.45) is 0 Å². The van der Waals surface area contributed by atoms with Gasteiger partial charge < -0.3 is 0 Å². The number of aromatic nitrogens is 2. The van der Waals surface area contributed by atoms with Crippen LogP contribution in [0.1, 0.15) is 37.7 Å². The number of benzene rings is 7. The van der Waals surface area contributed by atoms with Crippen LogP contribution in [0.2, 0.25) is 0 Å². The quantitative estimate of drug-likeness (QED) is 0.186. The number of hydrogen-bond donors (Lipinski definition) is 0. The van der Waals surface area contributed by atoms with Crippen molar-refractivity contribution in [3.63, 3.8) is 0 Å². The minimum Gasteiger partial charge on any atom is -0.296 e. The lowest BCUT2D eigenvalue weighted by molar-refractivity contribution is 0.660.